The molecular formula is C17H22Br2O2. The highest BCUT2D eigenvalue weighted by Crippen LogP contribution is 2.49. The molecule has 0 fully saturated rings. The quantitative estimate of drug-likeness (QED) is 0.443. The van der Waals surface area contributed by atoms with Crippen LogP contribution in [0.5, 0.6) is 11.5 Å². The zero-order chi connectivity index (χ0) is 15.4. The number of halogens is 2. The standard InChI is InChI=1S/C17H22Br2O2/c1-2-3-5-10-12-14(18)16(20)13(17(21)15(12)19)11-8-6-4-7-9-11/h6,8,11,20-21H,2-5,7,9-10H2,1H3. The lowest BCUT2D eigenvalue weighted by Gasteiger charge is -2.22. The number of benzene rings is 1. The summed E-state index contributed by atoms with van der Waals surface area (Å²) in [6, 6.07) is 0. The van der Waals surface area contributed by atoms with Crippen LogP contribution in [-0.2, 0) is 6.42 Å². The molecule has 21 heavy (non-hydrogen) atoms. The molecule has 116 valence electrons. The van der Waals surface area contributed by atoms with Crippen molar-refractivity contribution in [2.75, 3.05) is 0 Å². The van der Waals surface area contributed by atoms with E-state index in [1.54, 1.807) is 0 Å². The molecule has 0 amide bonds. The Morgan fingerprint density at radius 3 is 2.33 bits per heavy atom. The predicted octanol–water partition coefficient (Wildman–Crippen LogP) is 6.18. The molecule has 0 bridgehead atoms. The van der Waals surface area contributed by atoms with E-state index in [4.69, 9.17) is 0 Å². The van der Waals surface area contributed by atoms with Crippen molar-refractivity contribution in [2.45, 2.75) is 57.8 Å². The summed E-state index contributed by atoms with van der Waals surface area (Å²) in [4.78, 5) is 0. The van der Waals surface area contributed by atoms with Crippen molar-refractivity contribution in [1.82, 2.24) is 0 Å². The Hall–Kier alpha value is -0.480. The molecule has 0 aromatic heterocycles. The minimum atomic E-state index is 0.0936. The van der Waals surface area contributed by atoms with Crippen LogP contribution in [0, 0.1) is 0 Å². The summed E-state index contributed by atoms with van der Waals surface area (Å²) in [6.07, 6.45) is 11.5. The normalized spacial score (nSPS) is 18.1. The monoisotopic (exact) mass is 416 g/mol. The Balaban J connectivity index is 2.40. The van der Waals surface area contributed by atoms with Gasteiger partial charge >= 0.3 is 0 Å². The second-order valence-electron chi connectivity index (χ2n) is 5.64. The summed E-state index contributed by atoms with van der Waals surface area (Å²) in [5.41, 5.74) is 1.60. The molecule has 1 aliphatic rings. The van der Waals surface area contributed by atoms with E-state index in [1.807, 2.05) is 0 Å². The van der Waals surface area contributed by atoms with Crippen molar-refractivity contribution < 1.29 is 10.2 Å². The van der Waals surface area contributed by atoms with E-state index in [-0.39, 0.29) is 17.4 Å². The van der Waals surface area contributed by atoms with E-state index in [0.29, 0.717) is 5.56 Å². The third kappa shape index (κ3) is 3.65. The molecule has 2 rings (SSSR count). The van der Waals surface area contributed by atoms with Crippen LogP contribution in [0.2, 0.25) is 0 Å². The van der Waals surface area contributed by atoms with Crippen LogP contribution >= 0.6 is 31.9 Å². The minimum absolute atomic E-state index is 0.0936. The molecule has 2 N–H and O–H groups in total. The lowest BCUT2D eigenvalue weighted by Crippen LogP contribution is -2.03. The minimum Gasteiger partial charge on any atom is -0.506 e. The average Bonchev–Trinajstić information content (AvgIpc) is 2.50. The van der Waals surface area contributed by atoms with Gasteiger partial charge in [-0.3, -0.25) is 0 Å². The number of hydrogen-bond acceptors (Lipinski definition) is 2. The highest BCUT2D eigenvalue weighted by molar-refractivity contribution is 9.11. The predicted molar refractivity (Wildman–Crippen MR) is 94.1 cm³/mol. The Labute approximate surface area is 143 Å². The molecule has 0 spiro atoms. The Morgan fingerprint density at radius 1 is 1.14 bits per heavy atom. The summed E-state index contributed by atoms with van der Waals surface area (Å²) in [7, 11) is 0. The van der Waals surface area contributed by atoms with Gasteiger partial charge < -0.3 is 10.2 Å². The SMILES string of the molecule is CCCCCc1c(Br)c(O)c(C2C=CCCC2)c(O)c1Br. The molecule has 4 heteroatoms. The molecule has 1 aromatic carbocycles. The van der Waals surface area contributed by atoms with Gasteiger partial charge in [0.25, 0.3) is 0 Å². The molecule has 0 radical (unpaired) electrons. The molecule has 1 aliphatic carbocycles. The number of aromatic hydroxyl groups is 2. The van der Waals surface area contributed by atoms with E-state index in [1.165, 1.54) is 0 Å². The summed E-state index contributed by atoms with van der Waals surface area (Å²) < 4.78 is 1.44. The largest absolute Gasteiger partial charge is 0.506 e. The van der Waals surface area contributed by atoms with Crippen LogP contribution in [-0.4, -0.2) is 10.2 Å². The van der Waals surface area contributed by atoms with Crippen LogP contribution < -0.4 is 0 Å². The Bertz CT molecular complexity index is 509. The fraction of sp³-hybridized carbons (Fsp3) is 0.529. The van der Waals surface area contributed by atoms with Crippen LogP contribution in [0.1, 0.15) is 62.5 Å². The number of phenolic OH excluding ortho intramolecular Hbond substituents is 2. The second-order valence-corrected chi connectivity index (χ2v) is 7.23. The summed E-state index contributed by atoms with van der Waals surface area (Å²) in [5, 5.41) is 21.1. The molecular weight excluding hydrogens is 396 g/mol. The van der Waals surface area contributed by atoms with Crippen molar-refractivity contribution in [2.24, 2.45) is 0 Å². The summed E-state index contributed by atoms with van der Waals surface area (Å²) >= 11 is 7.04. The van der Waals surface area contributed by atoms with E-state index >= 15 is 0 Å². The van der Waals surface area contributed by atoms with Crippen LogP contribution in [0.15, 0.2) is 21.1 Å². The van der Waals surface area contributed by atoms with Gasteiger partial charge in [-0.25, -0.2) is 0 Å². The van der Waals surface area contributed by atoms with Crippen molar-refractivity contribution in [3.63, 3.8) is 0 Å². The topological polar surface area (TPSA) is 40.5 Å². The molecule has 2 nitrogen and oxygen atoms in total. The van der Waals surface area contributed by atoms with Crippen molar-refractivity contribution in [3.05, 3.63) is 32.2 Å². The third-order valence-electron chi connectivity index (χ3n) is 4.11. The molecule has 0 aliphatic heterocycles. The van der Waals surface area contributed by atoms with Gasteiger partial charge in [0.15, 0.2) is 0 Å². The summed E-state index contributed by atoms with van der Waals surface area (Å²) in [6.45, 7) is 2.16. The van der Waals surface area contributed by atoms with E-state index in [2.05, 4.69) is 50.9 Å². The number of unbranched alkanes of at least 4 members (excludes halogenated alkanes) is 2. The van der Waals surface area contributed by atoms with Crippen LogP contribution in [0.4, 0.5) is 0 Å². The van der Waals surface area contributed by atoms with Crippen LogP contribution in [0.25, 0.3) is 0 Å². The second kappa shape index (κ2) is 7.68. The molecule has 1 atom stereocenters. The van der Waals surface area contributed by atoms with Gasteiger partial charge in [0, 0.05) is 11.5 Å². The lowest BCUT2D eigenvalue weighted by molar-refractivity contribution is 0.423. The van der Waals surface area contributed by atoms with Gasteiger partial charge in [0.1, 0.15) is 11.5 Å². The van der Waals surface area contributed by atoms with Crippen molar-refractivity contribution >= 4 is 31.9 Å². The molecule has 1 aromatic rings. The van der Waals surface area contributed by atoms with Gasteiger partial charge in [-0.2, -0.15) is 0 Å². The maximum absolute atomic E-state index is 10.5. The first-order valence-corrected chi connectivity index (χ1v) is 9.24. The number of rotatable bonds is 5. The first kappa shape index (κ1) is 16.9. The van der Waals surface area contributed by atoms with Gasteiger partial charge in [-0.1, -0.05) is 31.9 Å². The van der Waals surface area contributed by atoms with E-state index in [9.17, 15) is 10.2 Å². The maximum Gasteiger partial charge on any atom is 0.137 e. The Morgan fingerprint density at radius 2 is 1.81 bits per heavy atom. The first-order chi connectivity index (χ1) is 10.1. The molecule has 0 saturated heterocycles. The molecule has 0 heterocycles. The van der Waals surface area contributed by atoms with Gasteiger partial charge in [0.05, 0.1) is 8.95 Å². The zero-order valence-electron chi connectivity index (χ0n) is 12.3. The van der Waals surface area contributed by atoms with Gasteiger partial charge in [0.2, 0.25) is 0 Å². The maximum atomic E-state index is 10.5. The lowest BCUT2D eigenvalue weighted by atomic mass is 9.87. The number of phenols is 2. The fourth-order valence-electron chi connectivity index (χ4n) is 2.91. The zero-order valence-corrected chi connectivity index (χ0v) is 15.5. The average molecular weight is 418 g/mol. The molecule has 0 saturated carbocycles. The third-order valence-corrected chi connectivity index (χ3v) is 5.82. The summed E-state index contributed by atoms with van der Waals surface area (Å²) in [5.74, 6) is 0.480. The highest BCUT2D eigenvalue weighted by atomic mass is 79.9. The van der Waals surface area contributed by atoms with Gasteiger partial charge in [-0.15, -0.1) is 0 Å². The molecule has 1 unspecified atom stereocenters. The van der Waals surface area contributed by atoms with Crippen LogP contribution in [0.3, 0.4) is 0 Å². The van der Waals surface area contributed by atoms with Gasteiger partial charge in [-0.05, 0) is 69.5 Å². The smallest absolute Gasteiger partial charge is 0.137 e. The first-order valence-electron chi connectivity index (χ1n) is 7.66. The van der Waals surface area contributed by atoms with E-state index in [0.717, 1.165) is 59.5 Å². The van der Waals surface area contributed by atoms with Crippen molar-refractivity contribution in [1.29, 1.82) is 0 Å². The number of allylic oxidation sites excluding steroid dienone is 2. The van der Waals surface area contributed by atoms with E-state index < -0.39 is 0 Å². The fourth-order valence-corrected chi connectivity index (χ4v) is 4.39. The Kier molecular flexibility index (Phi) is 6.18. The highest BCUT2D eigenvalue weighted by Gasteiger charge is 2.25. The van der Waals surface area contributed by atoms with Crippen molar-refractivity contribution in [3.8, 4) is 11.5 Å². The number of hydrogen-bond donors (Lipinski definition) is 2.